The number of rotatable bonds is 4. The molecule has 0 amide bonds. The first kappa shape index (κ1) is 16.6. The number of halogens is 3. The average molecular weight is 329 g/mol. The minimum absolute atomic E-state index is 0.0162. The van der Waals surface area contributed by atoms with E-state index in [9.17, 15) is 18.3 Å². The van der Waals surface area contributed by atoms with Gasteiger partial charge in [0.15, 0.2) is 0 Å². The van der Waals surface area contributed by atoms with Gasteiger partial charge in [-0.1, -0.05) is 25.0 Å². The highest BCUT2D eigenvalue weighted by Crippen LogP contribution is 2.51. The lowest BCUT2D eigenvalue weighted by atomic mass is 9.58. The lowest BCUT2D eigenvalue weighted by Gasteiger charge is -2.49. The van der Waals surface area contributed by atoms with Crippen molar-refractivity contribution in [3.8, 4) is 5.75 Å². The molecule has 0 saturated heterocycles. The number of aliphatic hydroxyl groups is 1. The van der Waals surface area contributed by atoms with Gasteiger partial charge in [-0.2, -0.15) is 0 Å². The van der Waals surface area contributed by atoms with E-state index in [1.54, 1.807) is 12.1 Å². The summed E-state index contributed by atoms with van der Waals surface area (Å²) in [4.78, 5) is 0. The van der Waals surface area contributed by atoms with E-state index in [-0.39, 0.29) is 17.7 Å². The molecule has 0 aliphatic heterocycles. The third-order valence-corrected chi connectivity index (χ3v) is 5.48. The molecule has 6 heteroatoms. The fraction of sp³-hybridized carbons (Fsp3) is 0.647. The van der Waals surface area contributed by atoms with Gasteiger partial charge in [0.2, 0.25) is 0 Å². The first-order chi connectivity index (χ1) is 10.8. The summed E-state index contributed by atoms with van der Waals surface area (Å²) in [5.74, 6) is -0.216. The zero-order valence-electron chi connectivity index (χ0n) is 12.9. The molecule has 2 fully saturated rings. The standard InChI is InChI=1S/C17H22F3NO2/c18-17(19,20)23-12-5-1-4-11(10-12)16(8-3-9-16)15(22)13-6-2-7-14(13)21/h1,4-5,10,13-15,22H,2-3,6-9,21H2. The van der Waals surface area contributed by atoms with Gasteiger partial charge in [0.25, 0.3) is 0 Å². The number of aliphatic hydroxyl groups excluding tert-OH is 1. The fourth-order valence-corrected chi connectivity index (χ4v) is 4.14. The van der Waals surface area contributed by atoms with Crippen LogP contribution in [0.4, 0.5) is 13.2 Å². The first-order valence-corrected chi connectivity index (χ1v) is 8.12. The summed E-state index contributed by atoms with van der Waals surface area (Å²) >= 11 is 0. The zero-order chi connectivity index (χ0) is 16.7. The second-order valence-electron chi connectivity index (χ2n) is 6.79. The molecule has 3 nitrogen and oxygen atoms in total. The van der Waals surface area contributed by atoms with Gasteiger partial charge in [-0.3, -0.25) is 0 Å². The predicted molar refractivity (Wildman–Crippen MR) is 80.0 cm³/mol. The molecule has 128 valence electrons. The van der Waals surface area contributed by atoms with Crippen molar-refractivity contribution in [1.82, 2.24) is 0 Å². The fourth-order valence-electron chi connectivity index (χ4n) is 4.14. The Hall–Kier alpha value is -1.27. The summed E-state index contributed by atoms with van der Waals surface area (Å²) in [6, 6.07) is 6.01. The number of ether oxygens (including phenoxy) is 1. The van der Waals surface area contributed by atoms with E-state index in [1.807, 2.05) is 0 Å². The van der Waals surface area contributed by atoms with Crippen molar-refractivity contribution in [2.75, 3.05) is 0 Å². The SMILES string of the molecule is NC1CCCC1C(O)C1(c2cccc(OC(F)(F)F)c2)CCC1. The number of hydrogen-bond donors (Lipinski definition) is 2. The van der Waals surface area contributed by atoms with E-state index in [1.165, 1.54) is 12.1 Å². The molecule has 0 aromatic heterocycles. The molecule has 3 N–H and O–H groups in total. The van der Waals surface area contributed by atoms with Crippen LogP contribution in [0.5, 0.6) is 5.75 Å². The molecule has 2 saturated carbocycles. The number of alkyl halides is 3. The van der Waals surface area contributed by atoms with Crippen LogP contribution in [-0.2, 0) is 5.41 Å². The van der Waals surface area contributed by atoms with Crippen molar-refractivity contribution in [3.05, 3.63) is 29.8 Å². The largest absolute Gasteiger partial charge is 0.573 e. The Morgan fingerprint density at radius 1 is 1.22 bits per heavy atom. The van der Waals surface area contributed by atoms with E-state index in [2.05, 4.69) is 4.74 Å². The van der Waals surface area contributed by atoms with E-state index < -0.39 is 17.9 Å². The molecule has 0 radical (unpaired) electrons. The topological polar surface area (TPSA) is 55.5 Å². The van der Waals surface area contributed by atoms with Crippen LogP contribution in [0, 0.1) is 5.92 Å². The summed E-state index contributed by atoms with van der Waals surface area (Å²) in [7, 11) is 0. The summed E-state index contributed by atoms with van der Waals surface area (Å²) in [6.07, 6.45) is -0.0514. The normalized spacial score (nSPS) is 28.2. The summed E-state index contributed by atoms with van der Waals surface area (Å²) in [5.41, 5.74) is 6.34. The van der Waals surface area contributed by atoms with Gasteiger partial charge < -0.3 is 15.6 Å². The molecular formula is C17H22F3NO2. The predicted octanol–water partition coefficient (Wildman–Crippen LogP) is 3.50. The van der Waals surface area contributed by atoms with Crippen LogP contribution < -0.4 is 10.5 Å². The average Bonchev–Trinajstić information content (AvgIpc) is 2.82. The van der Waals surface area contributed by atoms with Crippen molar-refractivity contribution >= 4 is 0 Å². The number of nitrogens with two attached hydrogens (primary N) is 1. The Kier molecular flexibility index (Phi) is 4.31. The summed E-state index contributed by atoms with van der Waals surface area (Å²) < 4.78 is 41.3. The molecule has 0 spiro atoms. The molecular weight excluding hydrogens is 307 g/mol. The smallest absolute Gasteiger partial charge is 0.406 e. The molecule has 1 aromatic carbocycles. The van der Waals surface area contributed by atoms with Crippen molar-refractivity contribution in [2.45, 2.75) is 62.4 Å². The van der Waals surface area contributed by atoms with Gasteiger partial charge in [0, 0.05) is 17.4 Å². The van der Waals surface area contributed by atoms with Crippen LogP contribution in [0.3, 0.4) is 0 Å². The highest BCUT2D eigenvalue weighted by Gasteiger charge is 2.50. The lowest BCUT2D eigenvalue weighted by Crippen LogP contribution is -2.52. The van der Waals surface area contributed by atoms with Gasteiger partial charge in [0.1, 0.15) is 5.75 Å². The zero-order valence-corrected chi connectivity index (χ0v) is 12.9. The highest BCUT2D eigenvalue weighted by molar-refractivity contribution is 5.37. The Bertz CT molecular complexity index is 557. The molecule has 3 atom stereocenters. The van der Waals surface area contributed by atoms with E-state index in [4.69, 9.17) is 5.73 Å². The highest BCUT2D eigenvalue weighted by atomic mass is 19.4. The third kappa shape index (κ3) is 3.19. The number of hydrogen-bond acceptors (Lipinski definition) is 3. The molecule has 0 heterocycles. The van der Waals surface area contributed by atoms with Crippen LogP contribution in [-0.4, -0.2) is 23.6 Å². The Morgan fingerprint density at radius 2 is 1.96 bits per heavy atom. The van der Waals surface area contributed by atoms with Crippen LogP contribution >= 0.6 is 0 Å². The first-order valence-electron chi connectivity index (χ1n) is 8.12. The van der Waals surface area contributed by atoms with Gasteiger partial charge in [-0.15, -0.1) is 13.2 Å². The van der Waals surface area contributed by atoms with E-state index in [0.717, 1.165) is 44.1 Å². The van der Waals surface area contributed by atoms with E-state index in [0.29, 0.717) is 0 Å². The Labute approximate surface area is 133 Å². The monoisotopic (exact) mass is 329 g/mol. The molecule has 0 bridgehead atoms. The van der Waals surface area contributed by atoms with Crippen molar-refractivity contribution < 1.29 is 23.0 Å². The van der Waals surface area contributed by atoms with Crippen molar-refractivity contribution in [1.29, 1.82) is 0 Å². The van der Waals surface area contributed by atoms with Crippen LogP contribution in [0.25, 0.3) is 0 Å². The van der Waals surface area contributed by atoms with E-state index >= 15 is 0 Å². The molecule has 2 aliphatic rings. The molecule has 3 unspecified atom stereocenters. The minimum atomic E-state index is -4.71. The van der Waals surface area contributed by atoms with Crippen LogP contribution in [0.15, 0.2) is 24.3 Å². The lowest BCUT2D eigenvalue weighted by molar-refractivity contribution is -0.274. The van der Waals surface area contributed by atoms with Gasteiger partial charge in [-0.25, -0.2) is 0 Å². The summed E-state index contributed by atoms with van der Waals surface area (Å²) in [6.45, 7) is 0. The third-order valence-electron chi connectivity index (χ3n) is 5.48. The molecule has 1 aromatic rings. The Morgan fingerprint density at radius 3 is 2.48 bits per heavy atom. The van der Waals surface area contributed by atoms with Gasteiger partial charge in [-0.05, 0) is 43.4 Å². The second kappa shape index (κ2) is 5.98. The molecule has 23 heavy (non-hydrogen) atoms. The van der Waals surface area contributed by atoms with Crippen molar-refractivity contribution in [3.63, 3.8) is 0 Å². The van der Waals surface area contributed by atoms with Gasteiger partial charge in [0.05, 0.1) is 6.10 Å². The maximum absolute atomic E-state index is 12.4. The van der Waals surface area contributed by atoms with Crippen LogP contribution in [0.2, 0.25) is 0 Å². The Balaban J connectivity index is 1.87. The molecule has 2 aliphatic carbocycles. The maximum Gasteiger partial charge on any atom is 0.573 e. The van der Waals surface area contributed by atoms with Crippen LogP contribution in [0.1, 0.15) is 44.1 Å². The maximum atomic E-state index is 12.4. The minimum Gasteiger partial charge on any atom is -0.406 e. The van der Waals surface area contributed by atoms with Gasteiger partial charge >= 0.3 is 6.36 Å². The second-order valence-corrected chi connectivity index (χ2v) is 6.79. The number of benzene rings is 1. The summed E-state index contributed by atoms with van der Waals surface area (Å²) in [5, 5.41) is 10.9. The van der Waals surface area contributed by atoms with Crippen molar-refractivity contribution in [2.24, 2.45) is 11.7 Å². The molecule has 3 rings (SSSR count). The quantitative estimate of drug-likeness (QED) is 0.889.